The number of hydrogen-bond acceptors (Lipinski definition) is 4. The Morgan fingerprint density at radius 1 is 1.00 bits per heavy atom. The number of aromatic nitrogens is 2. The molecule has 0 aliphatic rings. The molecule has 0 aliphatic carbocycles. The first-order chi connectivity index (χ1) is 10.2. The predicted molar refractivity (Wildman–Crippen MR) is 89.6 cm³/mol. The summed E-state index contributed by atoms with van der Waals surface area (Å²) in [6.07, 6.45) is 1.75. The van der Waals surface area contributed by atoms with E-state index in [1.807, 2.05) is 55.5 Å². The molecule has 1 aromatic heterocycles. The van der Waals surface area contributed by atoms with E-state index >= 15 is 0 Å². The van der Waals surface area contributed by atoms with Crippen molar-refractivity contribution in [3.63, 3.8) is 0 Å². The van der Waals surface area contributed by atoms with Crippen molar-refractivity contribution in [2.75, 3.05) is 5.43 Å². The van der Waals surface area contributed by atoms with Crippen LogP contribution in [0, 0.1) is 6.92 Å². The molecule has 1 heterocycles. The Morgan fingerprint density at radius 2 is 1.67 bits per heavy atom. The van der Waals surface area contributed by atoms with Gasteiger partial charge in [0.15, 0.2) is 5.82 Å². The molecule has 0 atom stereocenters. The molecule has 0 aliphatic heterocycles. The zero-order chi connectivity index (χ0) is 14.7. The summed E-state index contributed by atoms with van der Waals surface area (Å²) in [5, 5.41) is 4.22. The van der Waals surface area contributed by atoms with Crippen molar-refractivity contribution in [3.05, 3.63) is 64.3 Å². The van der Waals surface area contributed by atoms with Gasteiger partial charge >= 0.3 is 0 Å². The third-order valence-electron chi connectivity index (χ3n) is 3.00. The summed E-state index contributed by atoms with van der Waals surface area (Å²) >= 11 is 3.40. The summed E-state index contributed by atoms with van der Waals surface area (Å²) in [6.45, 7) is 1.91. The Balaban J connectivity index is 1.81. The van der Waals surface area contributed by atoms with Gasteiger partial charge in [-0.05, 0) is 36.8 Å². The van der Waals surface area contributed by atoms with Crippen LogP contribution in [-0.4, -0.2) is 16.2 Å². The fourth-order valence-corrected chi connectivity index (χ4v) is 2.18. The van der Waals surface area contributed by atoms with Crippen LogP contribution in [0.15, 0.2) is 58.1 Å². The van der Waals surface area contributed by atoms with Crippen molar-refractivity contribution in [1.82, 2.24) is 9.97 Å². The highest BCUT2D eigenvalue weighted by Crippen LogP contribution is 2.15. The van der Waals surface area contributed by atoms with Crippen molar-refractivity contribution < 1.29 is 0 Å². The second-order valence-electron chi connectivity index (χ2n) is 4.57. The summed E-state index contributed by atoms with van der Waals surface area (Å²) in [6, 6.07) is 15.7. The number of hydrogen-bond donors (Lipinski definition) is 1. The Labute approximate surface area is 131 Å². The van der Waals surface area contributed by atoms with Crippen molar-refractivity contribution in [3.8, 4) is 0 Å². The fourth-order valence-electron chi connectivity index (χ4n) is 1.91. The topological polar surface area (TPSA) is 50.2 Å². The van der Waals surface area contributed by atoms with Crippen molar-refractivity contribution in [1.29, 1.82) is 0 Å². The molecular weight excluding hydrogens is 328 g/mol. The molecule has 5 heteroatoms. The van der Waals surface area contributed by atoms with Crippen LogP contribution in [0.3, 0.4) is 0 Å². The first-order valence-corrected chi connectivity index (χ1v) is 7.30. The number of halogens is 1. The summed E-state index contributed by atoms with van der Waals surface area (Å²) in [7, 11) is 0. The van der Waals surface area contributed by atoms with Crippen LogP contribution >= 0.6 is 15.9 Å². The molecule has 0 bridgehead atoms. The van der Waals surface area contributed by atoms with Crippen LogP contribution < -0.4 is 5.43 Å². The van der Waals surface area contributed by atoms with Crippen molar-refractivity contribution in [2.45, 2.75) is 6.92 Å². The Morgan fingerprint density at radius 3 is 2.38 bits per heavy atom. The predicted octanol–water partition coefficient (Wildman–Crippen LogP) is 4.15. The molecule has 2 aromatic carbocycles. The minimum Gasteiger partial charge on any atom is -0.260 e. The van der Waals surface area contributed by atoms with Crippen molar-refractivity contribution >= 4 is 39.0 Å². The molecular formula is C16H13BrN4. The number of benzene rings is 2. The third-order valence-corrected chi connectivity index (χ3v) is 3.53. The van der Waals surface area contributed by atoms with Gasteiger partial charge in [0.1, 0.15) is 0 Å². The first-order valence-electron chi connectivity index (χ1n) is 6.50. The highest BCUT2D eigenvalue weighted by molar-refractivity contribution is 9.10. The zero-order valence-corrected chi connectivity index (χ0v) is 13.0. The first kappa shape index (κ1) is 13.7. The van der Waals surface area contributed by atoms with E-state index in [1.165, 1.54) is 0 Å². The number of nitrogens with one attached hydrogen (secondary N) is 1. The van der Waals surface area contributed by atoms with E-state index < -0.39 is 0 Å². The molecule has 0 amide bonds. The van der Waals surface area contributed by atoms with Crippen molar-refractivity contribution in [2.24, 2.45) is 5.10 Å². The quantitative estimate of drug-likeness (QED) is 0.575. The second kappa shape index (κ2) is 6.01. The Hall–Kier alpha value is -2.27. The number of nitrogens with zero attached hydrogens (tertiary/aromatic N) is 3. The van der Waals surface area contributed by atoms with E-state index in [0.29, 0.717) is 5.82 Å². The lowest BCUT2D eigenvalue weighted by Crippen LogP contribution is -1.99. The van der Waals surface area contributed by atoms with Crippen LogP contribution in [0.25, 0.3) is 11.0 Å². The number of aryl methyl sites for hydroxylation is 1. The molecule has 1 N–H and O–H groups in total. The van der Waals surface area contributed by atoms with Gasteiger partial charge < -0.3 is 0 Å². The van der Waals surface area contributed by atoms with E-state index in [4.69, 9.17) is 0 Å². The minimum atomic E-state index is 0.669. The summed E-state index contributed by atoms with van der Waals surface area (Å²) in [5.41, 5.74) is 6.52. The number of hydrazone groups is 1. The van der Waals surface area contributed by atoms with Gasteiger partial charge in [-0.15, -0.1) is 0 Å². The monoisotopic (exact) mass is 340 g/mol. The van der Waals surface area contributed by atoms with Crippen LogP contribution in [0.4, 0.5) is 5.82 Å². The smallest absolute Gasteiger partial charge is 0.168 e. The van der Waals surface area contributed by atoms with Crippen LogP contribution in [0.5, 0.6) is 0 Å². The zero-order valence-electron chi connectivity index (χ0n) is 11.4. The SMILES string of the molecule is Cc1nc2ccccc2nc1N/N=C/c1ccc(Br)cc1. The van der Waals surface area contributed by atoms with Gasteiger partial charge in [0.2, 0.25) is 0 Å². The number of anilines is 1. The third kappa shape index (κ3) is 3.25. The molecule has 0 saturated heterocycles. The molecule has 0 unspecified atom stereocenters. The van der Waals surface area contributed by atoms with Crippen LogP contribution in [0.2, 0.25) is 0 Å². The molecule has 0 radical (unpaired) electrons. The highest BCUT2D eigenvalue weighted by Gasteiger charge is 2.03. The summed E-state index contributed by atoms with van der Waals surface area (Å²) in [5.74, 6) is 0.669. The average molecular weight is 341 g/mol. The van der Waals surface area contributed by atoms with Gasteiger partial charge in [0.05, 0.1) is 22.9 Å². The normalized spacial score (nSPS) is 11.1. The van der Waals surface area contributed by atoms with Gasteiger partial charge in [-0.2, -0.15) is 5.10 Å². The lowest BCUT2D eigenvalue weighted by Gasteiger charge is -2.05. The number of fused-ring (bicyclic) bond motifs is 1. The van der Waals surface area contributed by atoms with Gasteiger partial charge in [-0.1, -0.05) is 40.2 Å². The average Bonchev–Trinajstić information content (AvgIpc) is 2.50. The van der Waals surface area contributed by atoms with Crippen LogP contribution in [-0.2, 0) is 0 Å². The fraction of sp³-hybridized carbons (Fsp3) is 0.0625. The molecule has 4 nitrogen and oxygen atoms in total. The molecule has 0 fully saturated rings. The molecule has 0 saturated carbocycles. The van der Waals surface area contributed by atoms with Gasteiger partial charge in [0, 0.05) is 4.47 Å². The van der Waals surface area contributed by atoms with Gasteiger partial charge in [-0.3, -0.25) is 5.43 Å². The maximum absolute atomic E-state index is 4.53. The highest BCUT2D eigenvalue weighted by atomic mass is 79.9. The minimum absolute atomic E-state index is 0.669. The maximum atomic E-state index is 4.53. The standard InChI is InChI=1S/C16H13BrN4/c1-11-16(20-15-5-3-2-4-14(15)19-11)21-18-10-12-6-8-13(17)9-7-12/h2-10H,1H3,(H,20,21)/b18-10+. The second-order valence-corrected chi connectivity index (χ2v) is 5.48. The van der Waals surface area contributed by atoms with E-state index in [-0.39, 0.29) is 0 Å². The lowest BCUT2D eigenvalue weighted by atomic mass is 10.2. The molecule has 104 valence electrons. The van der Waals surface area contributed by atoms with E-state index in [2.05, 4.69) is 36.4 Å². The van der Waals surface area contributed by atoms with E-state index in [9.17, 15) is 0 Å². The van der Waals surface area contributed by atoms with E-state index in [1.54, 1.807) is 6.21 Å². The molecule has 0 spiro atoms. The van der Waals surface area contributed by atoms with E-state index in [0.717, 1.165) is 26.8 Å². The Bertz CT molecular complexity index is 797. The summed E-state index contributed by atoms with van der Waals surface area (Å²) in [4.78, 5) is 9.03. The molecule has 21 heavy (non-hydrogen) atoms. The number of rotatable bonds is 3. The largest absolute Gasteiger partial charge is 0.260 e. The molecule has 3 aromatic rings. The lowest BCUT2D eigenvalue weighted by molar-refractivity contribution is 1.15. The summed E-state index contributed by atoms with van der Waals surface area (Å²) < 4.78 is 1.05. The number of para-hydroxylation sites is 2. The van der Waals surface area contributed by atoms with Crippen LogP contribution in [0.1, 0.15) is 11.3 Å². The molecule has 3 rings (SSSR count). The van der Waals surface area contributed by atoms with Gasteiger partial charge in [-0.25, -0.2) is 9.97 Å². The maximum Gasteiger partial charge on any atom is 0.168 e. The Kier molecular flexibility index (Phi) is 3.92. The van der Waals surface area contributed by atoms with Gasteiger partial charge in [0.25, 0.3) is 0 Å².